The smallest absolute Gasteiger partial charge is 0.305 e. The van der Waals surface area contributed by atoms with E-state index in [0.717, 1.165) is 41.1 Å². The summed E-state index contributed by atoms with van der Waals surface area (Å²) in [5.41, 5.74) is 1.09. The lowest BCUT2D eigenvalue weighted by atomic mass is 9.68. The number of imide groups is 1. The van der Waals surface area contributed by atoms with Crippen LogP contribution < -0.4 is 4.87 Å². The summed E-state index contributed by atoms with van der Waals surface area (Å²) in [4.78, 5) is 59.6. The molecule has 3 aliphatic heterocycles. The molecule has 2 aliphatic carbocycles. The zero-order valence-electron chi connectivity index (χ0n) is 19.5. The van der Waals surface area contributed by atoms with Crippen LogP contribution in [-0.4, -0.2) is 57.4 Å². The number of hydrogen-bond donors (Lipinski definition) is 1. The molecule has 7 atom stereocenters. The minimum Gasteiger partial charge on any atom is -0.341 e. The van der Waals surface area contributed by atoms with Gasteiger partial charge >= 0.3 is 4.87 Å². The molecule has 0 radical (unpaired) electrons. The number of carbonyl (C=O) groups is 3. The van der Waals surface area contributed by atoms with Gasteiger partial charge in [0.05, 0.1) is 16.9 Å². The Balaban J connectivity index is 1.22. The van der Waals surface area contributed by atoms with Crippen molar-refractivity contribution in [2.75, 3.05) is 19.6 Å². The fraction of sp³-hybridized carbons (Fsp3) is 0.538. The van der Waals surface area contributed by atoms with E-state index >= 15 is 0 Å². The lowest BCUT2D eigenvalue weighted by Gasteiger charge is -2.43. The minimum absolute atomic E-state index is 0.0182. The molecule has 2 aromatic rings. The molecule has 4 fully saturated rings. The molecular weight excluding hydrogens is 518 g/mol. The Bertz CT molecular complexity index is 1320. The van der Waals surface area contributed by atoms with Gasteiger partial charge in [0.1, 0.15) is 6.54 Å². The average Bonchev–Trinajstić information content (AvgIpc) is 3.61. The SMILES string of the molecule is O=C(CN1C(=O)C2C3CC(C2C1=O)C1C3Sc2[nH]c(=O)sc2[C@@H]1c1ccc(Cl)cc1)N1CCCCC1. The Morgan fingerprint density at radius 2 is 1.69 bits per heavy atom. The van der Waals surface area contributed by atoms with E-state index in [9.17, 15) is 19.2 Å². The standard InChI is InChI=1S/C26H26ClN3O4S2/c27-13-6-4-12(5-7-13)17-18-14-10-15(21(18)35-23-22(17)36-26(34)28-23)20-19(14)24(32)30(25(20)33)11-16(31)29-8-2-1-3-9-29/h4-7,14-15,17-21H,1-3,8-11H2,(H,28,34)/t14?,15?,17-,18?,19?,20?,21?/m1/s1. The summed E-state index contributed by atoms with van der Waals surface area (Å²) < 4.78 is 0. The number of aromatic amines is 1. The maximum absolute atomic E-state index is 13.7. The summed E-state index contributed by atoms with van der Waals surface area (Å²) in [7, 11) is 0. The van der Waals surface area contributed by atoms with Gasteiger partial charge in [-0.3, -0.25) is 24.1 Å². The van der Waals surface area contributed by atoms with Gasteiger partial charge in [-0.2, -0.15) is 0 Å². The first-order chi connectivity index (χ1) is 17.4. The summed E-state index contributed by atoms with van der Waals surface area (Å²) in [6.07, 6.45) is 3.90. The van der Waals surface area contributed by atoms with Crippen molar-refractivity contribution >= 4 is 52.4 Å². The lowest BCUT2D eigenvalue weighted by Crippen LogP contribution is -2.45. The Morgan fingerprint density at radius 1 is 1.00 bits per heavy atom. The average molecular weight is 544 g/mol. The van der Waals surface area contributed by atoms with Crippen LogP contribution in [0, 0.1) is 29.6 Å². The number of H-pyrrole nitrogens is 1. The van der Waals surface area contributed by atoms with Gasteiger partial charge in [0.15, 0.2) is 0 Å². The van der Waals surface area contributed by atoms with E-state index in [2.05, 4.69) is 4.98 Å². The van der Waals surface area contributed by atoms with Crippen LogP contribution in [0.1, 0.15) is 42.0 Å². The largest absolute Gasteiger partial charge is 0.341 e. The Kier molecular flexibility index (Phi) is 5.42. The molecule has 2 saturated carbocycles. The predicted molar refractivity (Wildman–Crippen MR) is 137 cm³/mol. The molecule has 6 unspecified atom stereocenters. The number of carbonyl (C=O) groups excluding carboxylic acids is 3. The van der Waals surface area contributed by atoms with E-state index in [-0.39, 0.29) is 69.9 Å². The van der Waals surface area contributed by atoms with Crippen molar-refractivity contribution in [1.82, 2.24) is 14.8 Å². The maximum atomic E-state index is 13.7. The number of hydrogen-bond acceptors (Lipinski definition) is 6. The molecule has 1 aromatic heterocycles. The molecule has 5 aliphatic rings. The van der Waals surface area contributed by atoms with Gasteiger partial charge in [-0.15, -0.1) is 11.8 Å². The molecule has 1 aromatic carbocycles. The zero-order valence-corrected chi connectivity index (χ0v) is 21.9. The number of nitrogens with one attached hydrogen (secondary N) is 1. The summed E-state index contributed by atoms with van der Waals surface area (Å²) in [5, 5.41) is 1.69. The minimum atomic E-state index is -0.370. The maximum Gasteiger partial charge on any atom is 0.305 e. The summed E-state index contributed by atoms with van der Waals surface area (Å²) >= 11 is 9.10. The third-order valence-electron chi connectivity index (χ3n) is 9.05. The highest BCUT2D eigenvalue weighted by molar-refractivity contribution is 8.00. The van der Waals surface area contributed by atoms with Gasteiger partial charge in [-0.25, -0.2) is 0 Å². The van der Waals surface area contributed by atoms with E-state index in [1.807, 2.05) is 24.3 Å². The highest BCUT2D eigenvalue weighted by Gasteiger charge is 2.69. The van der Waals surface area contributed by atoms with Gasteiger partial charge in [0.25, 0.3) is 0 Å². The second-order valence-corrected chi connectivity index (χ2v) is 13.4. The number of piperidine rings is 1. The molecule has 188 valence electrons. The number of thiazole rings is 1. The number of halogens is 1. The first-order valence-electron chi connectivity index (χ1n) is 12.7. The number of likely N-dealkylation sites (tertiary alicyclic amines) is 2. The fourth-order valence-corrected chi connectivity index (χ4v) is 10.7. The topological polar surface area (TPSA) is 90.5 Å². The third-order valence-corrected chi connectivity index (χ3v) is 11.9. The number of fused-ring (bicyclic) bond motifs is 9. The first-order valence-corrected chi connectivity index (χ1v) is 14.8. The molecule has 7 nitrogen and oxygen atoms in total. The van der Waals surface area contributed by atoms with Crippen LogP contribution in [0.4, 0.5) is 0 Å². The molecule has 2 saturated heterocycles. The molecule has 36 heavy (non-hydrogen) atoms. The van der Waals surface area contributed by atoms with E-state index in [1.165, 1.54) is 16.2 Å². The van der Waals surface area contributed by atoms with Crippen LogP contribution >= 0.6 is 34.7 Å². The van der Waals surface area contributed by atoms with E-state index in [1.54, 1.807) is 16.7 Å². The van der Waals surface area contributed by atoms with Crippen LogP contribution in [-0.2, 0) is 14.4 Å². The van der Waals surface area contributed by atoms with Crippen molar-refractivity contribution in [3.05, 3.63) is 49.4 Å². The quantitative estimate of drug-likeness (QED) is 0.598. The van der Waals surface area contributed by atoms with E-state index in [0.29, 0.717) is 18.1 Å². The van der Waals surface area contributed by atoms with Gasteiger partial charge < -0.3 is 9.88 Å². The molecule has 4 heterocycles. The summed E-state index contributed by atoms with van der Waals surface area (Å²) in [5.74, 6) is -0.944. The normalized spacial score (nSPS) is 34.6. The van der Waals surface area contributed by atoms with Crippen molar-refractivity contribution in [2.45, 2.75) is 41.9 Å². The summed E-state index contributed by atoms with van der Waals surface area (Å²) in [6.45, 7) is 1.28. The highest BCUT2D eigenvalue weighted by Crippen LogP contribution is 2.68. The van der Waals surface area contributed by atoms with Crippen molar-refractivity contribution in [3.63, 3.8) is 0 Å². The number of amides is 3. The molecule has 2 bridgehead atoms. The molecule has 7 rings (SSSR count). The molecule has 1 N–H and O–H groups in total. The van der Waals surface area contributed by atoms with E-state index < -0.39 is 0 Å². The predicted octanol–water partition coefficient (Wildman–Crippen LogP) is 3.58. The van der Waals surface area contributed by atoms with Crippen molar-refractivity contribution in [1.29, 1.82) is 0 Å². The van der Waals surface area contributed by atoms with Crippen molar-refractivity contribution in [3.8, 4) is 0 Å². The highest BCUT2D eigenvalue weighted by atomic mass is 35.5. The summed E-state index contributed by atoms with van der Waals surface area (Å²) in [6, 6.07) is 7.78. The molecule has 3 amide bonds. The molecule has 10 heteroatoms. The first kappa shape index (κ1) is 23.0. The lowest BCUT2D eigenvalue weighted by molar-refractivity contribution is -0.147. The van der Waals surface area contributed by atoms with Crippen LogP contribution in [0.3, 0.4) is 0 Å². The van der Waals surface area contributed by atoms with Crippen LogP contribution in [0.25, 0.3) is 0 Å². The molecule has 0 spiro atoms. The van der Waals surface area contributed by atoms with Crippen molar-refractivity contribution < 1.29 is 14.4 Å². The fourth-order valence-electron chi connectivity index (χ4n) is 7.66. The number of thioether (sulfide) groups is 1. The van der Waals surface area contributed by atoms with Gasteiger partial charge in [0, 0.05) is 34.2 Å². The molecular formula is C26H26ClN3O4S2. The number of benzene rings is 1. The zero-order chi connectivity index (χ0) is 24.7. The van der Waals surface area contributed by atoms with Gasteiger partial charge in [0.2, 0.25) is 17.7 Å². The number of aromatic nitrogens is 1. The van der Waals surface area contributed by atoms with Crippen LogP contribution in [0.2, 0.25) is 5.02 Å². The van der Waals surface area contributed by atoms with Crippen LogP contribution in [0.15, 0.2) is 34.1 Å². The Morgan fingerprint density at radius 3 is 2.42 bits per heavy atom. The van der Waals surface area contributed by atoms with Gasteiger partial charge in [-0.05, 0) is 61.1 Å². The number of nitrogens with zero attached hydrogens (tertiary/aromatic N) is 2. The monoisotopic (exact) mass is 543 g/mol. The van der Waals surface area contributed by atoms with Gasteiger partial charge in [-0.1, -0.05) is 35.1 Å². The van der Waals surface area contributed by atoms with Crippen LogP contribution in [0.5, 0.6) is 0 Å². The second-order valence-electron chi connectivity index (χ2n) is 10.7. The second kappa shape index (κ2) is 8.46. The van der Waals surface area contributed by atoms with E-state index in [4.69, 9.17) is 11.6 Å². The Labute approximate surface area is 221 Å². The van der Waals surface area contributed by atoms with Crippen molar-refractivity contribution in [2.24, 2.45) is 29.6 Å². The number of rotatable bonds is 3. The Hall–Kier alpha value is -2.10. The third kappa shape index (κ3) is 3.31.